The molecular formula is C31H32Cl2N2OS. The minimum absolute atomic E-state index is 0.335. The summed E-state index contributed by atoms with van der Waals surface area (Å²) in [4.78, 5) is 0. The quantitative estimate of drug-likeness (QED) is 0.237. The van der Waals surface area contributed by atoms with Crippen LogP contribution in [0.4, 0.5) is 0 Å². The fourth-order valence-corrected chi connectivity index (χ4v) is 6.67. The smallest absolute Gasteiger partial charge is 0.0984 e. The monoisotopic (exact) mass is 550 g/mol. The van der Waals surface area contributed by atoms with Crippen molar-refractivity contribution >= 4 is 46.2 Å². The number of hydrogen-bond acceptors (Lipinski definition) is 3. The summed E-state index contributed by atoms with van der Waals surface area (Å²) in [6.45, 7) is 4.47. The zero-order valence-corrected chi connectivity index (χ0v) is 23.5. The van der Waals surface area contributed by atoms with Gasteiger partial charge >= 0.3 is 0 Å². The highest BCUT2D eigenvalue weighted by molar-refractivity contribution is 7.08. The molecule has 0 saturated carbocycles. The highest BCUT2D eigenvalue weighted by atomic mass is 35.5. The van der Waals surface area contributed by atoms with E-state index >= 15 is 0 Å². The van der Waals surface area contributed by atoms with Crippen LogP contribution < -0.4 is 0 Å². The Morgan fingerprint density at radius 1 is 1.11 bits per heavy atom. The summed E-state index contributed by atoms with van der Waals surface area (Å²) < 4.78 is 1.94. The first-order chi connectivity index (χ1) is 18.0. The van der Waals surface area contributed by atoms with Crippen LogP contribution >= 0.6 is 34.5 Å². The number of rotatable bonds is 8. The Bertz CT molecular complexity index is 1380. The van der Waals surface area contributed by atoms with Crippen LogP contribution in [-0.2, 0) is 6.42 Å². The van der Waals surface area contributed by atoms with Gasteiger partial charge in [-0.3, -0.25) is 0 Å². The van der Waals surface area contributed by atoms with E-state index in [2.05, 4.69) is 61.0 Å². The third kappa shape index (κ3) is 5.58. The van der Waals surface area contributed by atoms with Gasteiger partial charge < -0.3 is 5.11 Å². The first kappa shape index (κ1) is 26.2. The lowest BCUT2D eigenvalue weighted by molar-refractivity contribution is 0.130. The van der Waals surface area contributed by atoms with Crippen LogP contribution in [0.25, 0.3) is 17.3 Å². The number of aromatic nitrogens is 2. The minimum Gasteiger partial charge on any atom is -0.387 e. The Balaban J connectivity index is 1.56. The third-order valence-corrected chi connectivity index (χ3v) is 8.85. The molecule has 0 amide bonds. The van der Waals surface area contributed by atoms with Crippen molar-refractivity contribution in [1.82, 2.24) is 9.78 Å². The molecule has 192 valence electrons. The fraction of sp³-hybridized carbons (Fsp3) is 0.323. The van der Waals surface area contributed by atoms with Gasteiger partial charge in [-0.25, -0.2) is 4.68 Å². The van der Waals surface area contributed by atoms with Crippen molar-refractivity contribution in [2.45, 2.75) is 58.0 Å². The summed E-state index contributed by atoms with van der Waals surface area (Å²) in [5.41, 5.74) is 7.46. The van der Waals surface area contributed by atoms with Crippen molar-refractivity contribution in [3.63, 3.8) is 0 Å². The maximum Gasteiger partial charge on any atom is 0.0984 e. The molecular weight excluding hydrogens is 519 g/mol. The Hall–Kier alpha value is -2.37. The van der Waals surface area contributed by atoms with Gasteiger partial charge in [0, 0.05) is 10.6 Å². The van der Waals surface area contributed by atoms with Gasteiger partial charge in [-0.15, -0.1) is 0 Å². The summed E-state index contributed by atoms with van der Waals surface area (Å²) in [6, 6.07) is 18.2. The summed E-state index contributed by atoms with van der Waals surface area (Å²) in [5.74, 6) is 0.681. The minimum atomic E-state index is -0.655. The Kier molecular flexibility index (Phi) is 8.21. The van der Waals surface area contributed by atoms with Crippen LogP contribution in [0.2, 0.25) is 10.0 Å². The maximum atomic E-state index is 11.6. The zero-order chi connectivity index (χ0) is 25.9. The molecule has 1 aliphatic carbocycles. The number of benzene rings is 2. The van der Waals surface area contributed by atoms with Gasteiger partial charge in [-0.05, 0) is 95.3 Å². The third-order valence-electron chi connectivity index (χ3n) is 7.61. The Morgan fingerprint density at radius 2 is 1.92 bits per heavy atom. The molecule has 37 heavy (non-hydrogen) atoms. The van der Waals surface area contributed by atoms with Crippen LogP contribution in [0.1, 0.15) is 79.6 Å². The van der Waals surface area contributed by atoms with E-state index in [9.17, 15) is 5.11 Å². The summed E-state index contributed by atoms with van der Waals surface area (Å²) in [5, 5.41) is 22.1. The molecule has 0 radical (unpaired) electrons. The second kappa shape index (κ2) is 11.6. The molecule has 0 fully saturated rings. The van der Waals surface area contributed by atoms with Crippen molar-refractivity contribution in [1.29, 1.82) is 0 Å². The van der Waals surface area contributed by atoms with E-state index in [1.807, 2.05) is 22.9 Å². The molecule has 2 heterocycles. The van der Waals surface area contributed by atoms with Crippen molar-refractivity contribution in [2.75, 3.05) is 0 Å². The number of thiophene rings is 1. The lowest BCUT2D eigenvalue weighted by atomic mass is 9.81. The largest absolute Gasteiger partial charge is 0.387 e. The van der Waals surface area contributed by atoms with Crippen LogP contribution in [0, 0.1) is 5.92 Å². The molecule has 6 heteroatoms. The lowest BCUT2D eigenvalue weighted by Gasteiger charge is -2.26. The van der Waals surface area contributed by atoms with Crippen LogP contribution in [-0.4, -0.2) is 14.9 Å². The van der Waals surface area contributed by atoms with Crippen molar-refractivity contribution in [3.8, 4) is 5.69 Å². The molecule has 1 N–H and O–H groups in total. The van der Waals surface area contributed by atoms with E-state index in [0.717, 1.165) is 48.3 Å². The molecule has 1 aliphatic rings. The predicted molar refractivity (Wildman–Crippen MR) is 157 cm³/mol. The Labute approximate surface area is 233 Å². The van der Waals surface area contributed by atoms with Crippen molar-refractivity contribution in [2.24, 2.45) is 5.92 Å². The topological polar surface area (TPSA) is 38.1 Å². The van der Waals surface area contributed by atoms with Crippen molar-refractivity contribution in [3.05, 3.63) is 103 Å². The highest BCUT2D eigenvalue weighted by Gasteiger charge is 2.31. The second-order valence-corrected chi connectivity index (χ2v) is 11.5. The fourth-order valence-electron chi connectivity index (χ4n) is 5.56. The normalized spacial score (nSPS) is 16.9. The number of allylic oxidation sites excluding steroid dienone is 1. The molecule has 2 aromatic carbocycles. The average Bonchev–Trinajstić information content (AvgIpc) is 3.56. The molecule has 3 nitrogen and oxygen atoms in total. The molecule has 0 spiro atoms. The molecule has 0 bridgehead atoms. The number of aliphatic hydroxyl groups excluding tert-OH is 1. The molecule has 4 aromatic rings. The van der Waals surface area contributed by atoms with Gasteiger partial charge in [-0.2, -0.15) is 16.4 Å². The number of aliphatic hydroxyl groups is 1. The zero-order valence-electron chi connectivity index (χ0n) is 21.2. The molecule has 5 rings (SSSR count). The molecule has 0 saturated heterocycles. The van der Waals surface area contributed by atoms with E-state index in [4.69, 9.17) is 28.3 Å². The number of halogens is 2. The van der Waals surface area contributed by atoms with E-state index in [-0.39, 0.29) is 0 Å². The predicted octanol–water partition coefficient (Wildman–Crippen LogP) is 9.37. The van der Waals surface area contributed by atoms with E-state index in [0.29, 0.717) is 28.3 Å². The first-order valence-electron chi connectivity index (χ1n) is 13.0. The number of fused-ring (bicyclic) bond motifs is 1. The van der Waals surface area contributed by atoms with E-state index < -0.39 is 6.10 Å². The van der Waals surface area contributed by atoms with Gasteiger partial charge in [0.2, 0.25) is 0 Å². The SMILES string of the molecule is CCC(CC(O)c1nn(-c2ccc(Cl)cc2Cl)c2c1CCC/C2=C\c1ccsc1)[C@H](C)c1ccccc1. The van der Waals surface area contributed by atoms with E-state index in [1.54, 1.807) is 17.4 Å². The van der Waals surface area contributed by atoms with Gasteiger partial charge in [-0.1, -0.05) is 73.8 Å². The van der Waals surface area contributed by atoms with Gasteiger partial charge in [0.15, 0.2) is 0 Å². The van der Waals surface area contributed by atoms with Crippen molar-refractivity contribution < 1.29 is 5.11 Å². The van der Waals surface area contributed by atoms with Crippen LogP contribution in [0.5, 0.6) is 0 Å². The van der Waals surface area contributed by atoms with Crippen LogP contribution in [0.3, 0.4) is 0 Å². The molecule has 2 unspecified atom stereocenters. The Morgan fingerprint density at radius 3 is 2.62 bits per heavy atom. The highest BCUT2D eigenvalue weighted by Crippen LogP contribution is 2.41. The van der Waals surface area contributed by atoms with Crippen LogP contribution in [0.15, 0.2) is 65.4 Å². The average molecular weight is 552 g/mol. The summed E-state index contributed by atoms with van der Waals surface area (Å²) in [7, 11) is 0. The standard InChI is InChI=1S/C31H32Cl2N2OS/c1-3-22(20(2)23-8-5-4-6-9-23)17-29(36)30-26-11-7-10-24(16-21-14-15-37-19-21)31(26)35(34-30)28-13-12-25(32)18-27(28)33/h4-6,8-9,12-16,18-20,22,29,36H,3,7,10-11,17H2,1-2H3/b24-16+/t20-,22?,29?/m0/s1. The lowest BCUT2D eigenvalue weighted by Crippen LogP contribution is -2.15. The molecule has 0 aliphatic heterocycles. The second-order valence-electron chi connectivity index (χ2n) is 9.92. The number of nitrogens with zero attached hydrogens (tertiary/aromatic N) is 2. The molecule has 2 aromatic heterocycles. The summed E-state index contributed by atoms with van der Waals surface area (Å²) in [6.07, 6.45) is 6.12. The summed E-state index contributed by atoms with van der Waals surface area (Å²) >= 11 is 14.6. The van der Waals surface area contributed by atoms with Gasteiger partial charge in [0.1, 0.15) is 0 Å². The van der Waals surface area contributed by atoms with Gasteiger partial charge in [0.25, 0.3) is 0 Å². The maximum absolute atomic E-state index is 11.6. The first-order valence-corrected chi connectivity index (χ1v) is 14.7. The number of hydrogen-bond donors (Lipinski definition) is 1. The van der Waals surface area contributed by atoms with E-state index in [1.165, 1.54) is 16.7 Å². The van der Waals surface area contributed by atoms with Gasteiger partial charge in [0.05, 0.1) is 28.2 Å². The molecule has 3 atom stereocenters.